The fourth-order valence-electron chi connectivity index (χ4n) is 1.78. The second kappa shape index (κ2) is 13.5. The molecule has 0 aliphatic heterocycles. The monoisotopic (exact) mass is 372 g/mol. The first-order valence-corrected chi connectivity index (χ1v) is 7.56. The van der Waals surface area contributed by atoms with Crippen molar-refractivity contribution in [2.45, 2.75) is 25.4 Å². The van der Waals surface area contributed by atoms with E-state index in [-0.39, 0.29) is 5.69 Å². The molecule has 0 fully saturated rings. The number of primary amides is 1. The molecule has 0 saturated heterocycles. The summed E-state index contributed by atoms with van der Waals surface area (Å²) in [6.45, 7) is 0.375. The molecule has 0 saturated carbocycles. The maximum Gasteiger partial charge on any atom is 0.292 e. The molecule has 1 aromatic carbocycles. The molecule has 7 nitrogen and oxygen atoms in total. The third-order valence-electron chi connectivity index (χ3n) is 2.87. The van der Waals surface area contributed by atoms with E-state index in [1.165, 1.54) is 26.4 Å². The van der Waals surface area contributed by atoms with E-state index < -0.39 is 29.6 Å². The number of carbonyl (C=O) groups is 3. The Kier molecular flexibility index (Phi) is 12.0. The zero-order valence-electron chi connectivity index (χ0n) is 14.5. The van der Waals surface area contributed by atoms with Crippen LogP contribution in [0.2, 0.25) is 0 Å². The molecule has 9 heteroatoms. The van der Waals surface area contributed by atoms with Crippen molar-refractivity contribution in [2.75, 3.05) is 19.5 Å². The van der Waals surface area contributed by atoms with Crippen molar-refractivity contribution in [1.29, 1.82) is 0 Å². The summed E-state index contributed by atoms with van der Waals surface area (Å²) >= 11 is 0. The van der Waals surface area contributed by atoms with Crippen LogP contribution in [-0.4, -0.2) is 38.6 Å². The molecular formula is C17H22F2N2O5. The fourth-order valence-corrected chi connectivity index (χ4v) is 1.78. The Morgan fingerprint density at radius 1 is 1.15 bits per heavy atom. The minimum atomic E-state index is -1.51. The third kappa shape index (κ3) is 10.1. The van der Waals surface area contributed by atoms with Crippen molar-refractivity contribution in [3.05, 3.63) is 42.0 Å². The summed E-state index contributed by atoms with van der Waals surface area (Å²) in [6.07, 6.45) is 6.99. The average Bonchev–Trinajstić information content (AvgIpc) is 3.14. The summed E-state index contributed by atoms with van der Waals surface area (Å²) in [5, 5.41) is 2.11. The van der Waals surface area contributed by atoms with Crippen LogP contribution in [0.25, 0.3) is 0 Å². The Morgan fingerprint density at radius 3 is 1.96 bits per heavy atom. The molecule has 0 radical (unpaired) electrons. The molecular weight excluding hydrogens is 350 g/mol. The highest BCUT2D eigenvalue weighted by Crippen LogP contribution is 2.13. The van der Waals surface area contributed by atoms with Gasteiger partial charge in [0.25, 0.3) is 18.3 Å². The molecule has 144 valence electrons. The Bertz CT molecular complexity index is 597. The summed E-state index contributed by atoms with van der Waals surface area (Å²) < 4.78 is 34.0. The molecule has 1 aliphatic carbocycles. The third-order valence-corrected chi connectivity index (χ3v) is 2.87. The van der Waals surface area contributed by atoms with Crippen molar-refractivity contribution in [3.8, 4) is 0 Å². The van der Waals surface area contributed by atoms with Gasteiger partial charge in [-0.2, -0.15) is 0 Å². The maximum atomic E-state index is 12.8. The van der Waals surface area contributed by atoms with Crippen molar-refractivity contribution in [3.63, 3.8) is 0 Å². The molecule has 0 spiro atoms. The van der Waals surface area contributed by atoms with Gasteiger partial charge in [-0.05, 0) is 31.4 Å². The Hall–Kier alpha value is -2.81. The number of halogens is 2. The number of allylic oxidation sites excluding steroid dienone is 2. The van der Waals surface area contributed by atoms with Crippen LogP contribution in [0, 0.1) is 11.6 Å². The van der Waals surface area contributed by atoms with E-state index in [1.54, 1.807) is 0 Å². The van der Waals surface area contributed by atoms with Gasteiger partial charge in [0.2, 0.25) is 6.10 Å². The van der Waals surface area contributed by atoms with Crippen LogP contribution in [0.5, 0.6) is 0 Å². The number of methoxy groups -OCH3 is 2. The van der Waals surface area contributed by atoms with E-state index in [0.717, 1.165) is 19.2 Å². The first kappa shape index (κ1) is 23.2. The molecule has 0 aromatic heterocycles. The van der Waals surface area contributed by atoms with E-state index in [4.69, 9.17) is 10.5 Å². The molecule has 0 heterocycles. The van der Waals surface area contributed by atoms with Crippen molar-refractivity contribution < 1.29 is 32.6 Å². The van der Waals surface area contributed by atoms with Crippen LogP contribution in [0.3, 0.4) is 0 Å². The van der Waals surface area contributed by atoms with Gasteiger partial charge < -0.3 is 20.5 Å². The number of benzene rings is 1. The number of nitrogens with two attached hydrogens (primary N) is 1. The predicted octanol–water partition coefficient (Wildman–Crippen LogP) is 1.92. The van der Waals surface area contributed by atoms with Gasteiger partial charge in [-0.3, -0.25) is 14.4 Å². The first-order valence-electron chi connectivity index (χ1n) is 7.56. The molecule has 0 bridgehead atoms. The lowest BCUT2D eigenvalue weighted by Gasteiger charge is -2.11. The lowest BCUT2D eigenvalue weighted by molar-refractivity contribution is -0.138. The van der Waals surface area contributed by atoms with Gasteiger partial charge in [0, 0.05) is 18.9 Å². The van der Waals surface area contributed by atoms with Gasteiger partial charge in [-0.15, -0.1) is 0 Å². The number of anilines is 1. The molecule has 1 unspecified atom stereocenters. The summed E-state index contributed by atoms with van der Waals surface area (Å²) in [7, 11) is 2.42. The largest absolute Gasteiger partial charge is 0.471 e. The smallest absolute Gasteiger partial charge is 0.292 e. The molecule has 3 N–H and O–H groups in total. The second-order valence-corrected chi connectivity index (χ2v) is 4.90. The first-order chi connectivity index (χ1) is 12.3. The summed E-state index contributed by atoms with van der Waals surface area (Å²) in [5.41, 5.74) is 4.76. The van der Waals surface area contributed by atoms with E-state index in [0.29, 0.717) is 12.5 Å². The summed E-state index contributed by atoms with van der Waals surface area (Å²) in [6, 6.07) is 2.45. The molecule has 26 heavy (non-hydrogen) atoms. The van der Waals surface area contributed by atoms with Crippen LogP contribution in [0.1, 0.15) is 19.3 Å². The molecule has 1 aromatic rings. The number of rotatable bonds is 5. The summed E-state index contributed by atoms with van der Waals surface area (Å²) in [5.74, 6) is -3.60. The van der Waals surface area contributed by atoms with Crippen LogP contribution >= 0.6 is 0 Å². The van der Waals surface area contributed by atoms with Gasteiger partial charge >= 0.3 is 0 Å². The molecule has 2 amide bonds. The highest BCUT2D eigenvalue weighted by atomic mass is 19.1. The number of carbonyl (C=O) groups excluding carboxylic acids is 3. The van der Waals surface area contributed by atoms with Gasteiger partial charge in [0.1, 0.15) is 11.6 Å². The van der Waals surface area contributed by atoms with E-state index >= 15 is 0 Å². The number of ether oxygens (including phenoxy) is 2. The van der Waals surface area contributed by atoms with Crippen LogP contribution in [0.15, 0.2) is 30.4 Å². The Balaban J connectivity index is 0.000000566. The zero-order valence-corrected chi connectivity index (χ0v) is 14.5. The van der Waals surface area contributed by atoms with Crippen molar-refractivity contribution in [1.82, 2.24) is 0 Å². The lowest BCUT2D eigenvalue weighted by atomic mass is 10.2. The summed E-state index contributed by atoms with van der Waals surface area (Å²) in [4.78, 5) is 31.2. The Labute approximate surface area is 150 Å². The minimum Gasteiger partial charge on any atom is -0.471 e. The maximum absolute atomic E-state index is 12.8. The zero-order chi connectivity index (χ0) is 19.9. The van der Waals surface area contributed by atoms with E-state index in [2.05, 4.69) is 26.9 Å². The van der Waals surface area contributed by atoms with Crippen molar-refractivity contribution >= 4 is 24.0 Å². The number of hydrogen-bond acceptors (Lipinski definition) is 5. The van der Waals surface area contributed by atoms with Crippen LogP contribution in [-0.2, 0) is 23.9 Å². The predicted molar refractivity (Wildman–Crippen MR) is 91.0 cm³/mol. The quantitative estimate of drug-likeness (QED) is 0.466. The average molecular weight is 372 g/mol. The number of amides is 2. The van der Waals surface area contributed by atoms with E-state index in [9.17, 15) is 18.4 Å². The SMILES string of the molecule is C1=CCCC1.COC(C(N)=O)C(=O)Nc1cc(F)cc(F)c1.COC=O. The lowest BCUT2D eigenvalue weighted by Crippen LogP contribution is -2.40. The molecule has 1 atom stereocenters. The van der Waals surface area contributed by atoms with Gasteiger partial charge in [0.15, 0.2) is 0 Å². The van der Waals surface area contributed by atoms with E-state index in [1.807, 2.05) is 0 Å². The van der Waals surface area contributed by atoms with Crippen molar-refractivity contribution in [2.24, 2.45) is 5.73 Å². The normalized spacial score (nSPS) is 12.6. The fraction of sp³-hybridized carbons (Fsp3) is 0.353. The standard InChI is InChI=1S/C10H10F2N2O3.C5H8.C2H4O2/c1-17-8(9(13)15)10(16)14-7-3-5(11)2-6(12)4-7;1-2-4-5-3-1;1-4-2-3/h2-4,8H,1H3,(H2,13,15)(H,14,16);1-2H,3-5H2;2H,1H3. The number of nitrogens with one attached hydrogen (secondary N) is 1. The number of hydrogen-bond donors (Lipinski definition) is 2. The van der Waals surface area contributed by atoms with Gasteiger partial charge in [-0.1, -0.05) is 12.2 Å². The van der Waals surface area contributed by atoms with Crippen LogP contribution in [0.4, 0.5) is 14.5 Å². The Morgan fingerprint density at radius 2 is 1.65 bits per heavy atom. The van der Waals surface area contributed by atoms with Gasteiger partial charge in [-0.25, -0.2) is 8.78 Å². The molecule has 2 rings (SSSR count). The molecule has 1 aliphatic rings. The topological polar surface area (TPSA) is 108 Å². The minimum absolute atomic E-state index is 0.129. The van der Waals surface area contributed by atoms with Gasteiger partial charge in [0.05, 0.1) is 7.11 Å². The second-order valence-electron chi connectivity index (χ2n) is 4.90. The highest BCUT2D eigenvalue weighted by Gasteiger charge is 2.23. The highest BCUT2D eigenvalue weighted by molar-refractivity contribution is 6.08. The van der Waals surface area contributed by atoms with Crippen LogP contribution < -0.4 is 11.1 Å².